The highest BCUT2D eigenvalue weighted by Crippen LogP contribution is 2.12. The van der Waals surface area contributed by atoms with Crippen LogP contribution in [0.25, 0.3) is 0 Å². The van der Waals surface area contributed by atoms with Gasteiger partial charge in [0.25, 0.3) is 0 Å². The highest BCUT2D eigenvalue weighted by Gasteiger charge is 2.25. The van der Waals surface area contributed by atoms with Crippen molar-refractivity contribution in [2.45, 2.75) is 25.1 Å². The zero-order valence-electron chi connectivity index (χ0n) is 10.1. The van der Waals surface area contributed by atoms with Crippen LogP contribution >= 0.6 is 0 Å². The summed E-state index contributed by atoms with van der Waals surface area (Å²) in [4.78, 5) is 0. The normalized spacial score (nSPS) is 11.6. The third-order valence-corrected chi connectivity index (χ3v) is 3.69. The summed E-state index contributed by atoms with van der Waals surface area (Å²) < 4.78 is 26.0. The number of rotatable bonds is 4. The van der Waals surface area contributed by atoms with Crippen molar-refractivity contribution in [1.82, 2.24) is 4.72 Å². The van der Waals surface area contributed by atoms with Gasteiger partial charge in [0.15, 0.2) is 0 Å². The van der Waals surface area contributed by atoms with Crippen LogP contribution in [0.4, 0.5) is 0 Å². The molecule has 0 saturated heterocycles. The second-order valence-electron chi connectivity index (χ2n) is 4.37. The van der Waals surface area contributed by atoms with Crippen LogP contribution in [0.1, 0.15) is 25.0 Å². The summed E-state index contributed by atoms with van der Waals surface area (Å²) in [5, 5.41) is 17.7. The lowest BCUT2D eigenvalue weighted by Gasteiger charge is -2.17. The Bertz CT molecular complexity index is 621. The fraction of sp³-hybridized carbons (Fsp3) is 0.333. The molecule has 0 spiro atoms. The molecule has 0 bridgehead atoms. The number of hydrogen-bond donors (Lipinski definition) is 1. The van der Waals surface area contributed by atoms with Crippen LogP contribution < -0.4 is 4.72 Å². The van der Waals surface area contributed by atoms with E-state index in [1.807, 2.05) is 12.1 Å². The molecule has 0 saturated carbocycles. The third kappa shape index (κ3) is 3.85. The molecule has 0 unspecified atom stereocenters. The molecule has 1 aromatic carbocycles. The number of nitrogens with zero attached hydrogens (tertiary/aromatic N) is 2. The Hall–Kier alpha value is -1.89. The lowest BCUT2D eigenvalue weighted by molar-refractivity contribution is 0.535. The fourth-order valence-electron chi connectivity index (χ4n) is 1.41. The number of benzene rings is 1. The van der Waals surface area contributed by atoms with Gasteiger partial charge in [-0.2, -0.15) is 15.2 Å². The van der Waals surface area contributed by atoms with Gasteiger partial charge in [-0.3, -0.25) is 0 Å². The van der Waals surface area contributed by atoms with E-state index in [4.69, 9.17) is 10.5 Å². The largest absolute Gasteiger partial charge is 0.217 e. The molecule has 1 N–H and O–H groups in total. The van der Waals surface area contributed by atoms with Gasteiger partial charge in [0.05, 0.1) is 23.5 Å². The van der Waals surface area contributed by atoms with Gasteiger partial charge in [0.2, 0.25) is 10.0 Å². The Morgan fingerprint density at radius 3 is 2.44 bits per heavy atom. The molecule has 0 fully saturated rings. The van der Waals surface area contributed by atoms with E-state index >= 15 is 0 Å². The van der Waals surface area contributed by atoms with Crippen LogP contribution in [0, 0.1) is 22.7 Å². The molecule has 0 aromatic heterocycles. The van der Waals surface area contributed by atoms with Crippen LogP contribution in [-0.2, 0) is 15.8 Å². The minimum atomic E-state index is -3.66. The quantitative estimate of drug-likeness (QED) is 0.885. The molecule has 5 nitrogen and oxygen atoms in total. The minimum Gasteiger partial charge on any atom is -0.212 e. The summed E-state index contributed by atoms with van der Waals surface area (Å²) in [5.74, 6) is -0.318. The van der Waals surface area contributed by atoms with Crippen molar-refractivity contribution >= 4 is 10.0 Å². The summed E-state index contributed by atoms with van der Waals surface area (Å²) in [6.45, 7) is 2.95. The van der Waals surface area contributed by atoms with E-state index in [2.05, 4.69) is 4.72 Å². The molecule has 0 aliphatic heterocycles. The van der Waals surface area contributed by atoms with E-state index in [-0.39, 0.29) is 5.75 Å². The van der Waals surface area contributed by atoms with Gasteiger partial charge in [0.1, 0.15) is 5.54 Å². The second kappa shape index (κ2) is 5.18. The highest BCUT2D eigenvalue weighted by molar-refractivity contribution is 7.88. The fourth-order valence-corrected chi connectivity index (χ4v) is 2.96. The standard InChI is InChI=1S/C12H13N3O2S/c1-12(2,9-14)15-18(16,17)8-11-6-4-3-5-10(11)7-13/h3-6,15H,8H2,1-2H3. The van der Waals surface area contributed by atoms with Gasteiger partial charge < -0.3 is 0 Å². The number of nitrogens with one attached hydrogen (secondary N) is 1. The Morgan fingerprint density at radius 1 is 1.28 bits per heavy atom. The molecule has 0 aliphatic rings. The molecule has 6 heteroatoms. The minimum absolute atomic E-state index is 0.317. The molecule has 1 aromatic rings. The summed E-state index contributed by atoms with van der Waals surface area (Å²) in [7, 11) is -3.66. The molecule has 1 rings (SSSR count). The first kappa shape index (κ1) is 14.2. The first-order valence-corrected chi connectivity index (χ1v) is 6.86. The molecule has 0 heterocycles. The van der Waals surface area contributed by atoms with Gasteiger partial charge in [-0.15, -0.1) is 0 Å². The van der Waals surface area contributed by atoms with Crippen LogP contribution in [0.3, 0.4) is 0 Å². The summed E-state index contributed by atoms with van der Waals surface area (Å²) in [6.07, 6.45) is 0. The van der Waals surface area contributed by atoms with Crippen molar-refractivity contribution in [2.24, 2.45) is 0 Å². The van der Waals surface area contributed by atoms with Crippen LogP contribution in [0.5, 0.6) is 0 Å². The maximum atomic E-state index is 11.9. The van der Waals surface area contributed by atoms with Crippen LogP contribution in [0.2, 0.25) is 0 Å². The third-order valence-electron chi connectivity index (χ3n) is 2.17. The van der Waals surface area contributed by atoms with E-state index in [1.54, 1.807) is 24.3 Å². The maximum absolute atomic E-state index is 11.9. The molecule has 18 heavy (non-hydrogen) atoms. The van der Waals surface area contributed by atoms with Crippen molar-refractivity contribution in [3.05, 3.63) is 35.4 Å². The Balaban J connectivity index is 2.98. The SMILES string of the molecule is CC(C)(C#N)NS(=O)(=O)Cc1ccccc1C#N. The molecular formula is C12H13N3O2S. The average Bonchev–Trinajstić information content (AvgIpc) is 2.28. The zero-order valence-corrected chi connectivity index (χ0v) is 11.0. The number of hydrogen-bond acceptors (Lipinski definition) is 4. The predicted molar refractivity (Wildman–Crippen MR) is 66.6 cm³/mol. The monoisotopic (exact) mass is 263 g/mol. The van der Waals surface area contributed by atoms with E-state index in [1.165, 1.54) is 13.8 Å². The van der Waals surface area contributed by atoms with Crippen molar-refractivity contribution in [2.75, 3.05) is 0 Å². The van der Waals surface area contributed by atoms with Crippen molar-refractivity contribution < 1.29 is 8.42 Å². The first-order valence-electron chi connectivity index (χ1n) is 5.20. The topological polar surface area (TPSA) is 93.8 Å². The smallest absolute Gasteiger partial charge is 0.212 e. The Labute approximate surface area is 107 Å². The maximum Gasteiger partial charge on any atom is 0.217 e. The number of nitriles is 2. The summed E-state index contributed by atoms with van der Waals surface area (Å²) in [6, 6.07) is 10.3. The summed E-state index contributed by atoms with van der Waals surface area (Å²) in [5.41, 5.74) is -0.431. The van der Waals surface area contributed by atoms with Crippen LogP contribution in [0.15, 0.2) is 24.3 Å². The Morgan fingerprint density at radius 2 is 1.89 bits per heavy atom. The van der Waals surface area contributed by atoms with Crippen LogP contribution in [-0.4, -0.2) is 14.0 Å². The molecule has 94 valence electrons. The van der Waals surface area contributed by atoms with E-state index < -0.39 is 15.6 Å². The van der Waals surface area contributed by atoms with E-state index in [9.17, 15) is 8.42 Å². The number of sulfonamides is 1. The highest BCUT2D eigenvalue weighted by atomic mass is 32.2. The van der Waals surface area contributed by atoms with Crippen molar-refractivity contribution in [1.29, 1.82) is 10.5 Å². The van der Waals surface area contributed by atoms with Gasteiger partial charge in [-0.05, 0) is 25.5 Å². The van der Waals surface area contributed by atoms with E-state index in [0.29, 0.717) is 11.1 Å². The predicted octanol–water partition coefficient (Wildman–Crippen LogP) is 1.28. The molecular weight excluding hydrogens is 250 g/mol. The van der Waals surface area contributed by atoms with Gasteiger partial charge in [0, 0.05) is 0 Å². The average molecular weight is 263 g/mol. The zero-order chi connectivity index (χ0) is 13.8. The van der Waals surface area contributed by atoms with Crippen molar-refractivity contribution in [3.8, 4) is 12.1 Å². The van der Waals surface area contributed by atoms with Gasteiger partial charge in [-0.25, -0.2) is 8.42 Å². The lowest BCUT2D eigenvalue weighted by Crippen LogP contribution is -2.42. The Kier molecular flexibility index (Phi) is 4.07. The molecule has 0 amide bonds. The molecule has 0 atom stereocenters. The lowest BCUT2D eigenvalue weighted by atomic mass is 10.1. The molecule has 0 aliphatic carbocycles. The van der Waals surface area contributed by atoms with Gasteiger partial charge in [-0.1, -0.05) is 18.2 Å². The van der Waals surface area contributed by atoms with E-state index in [0.717, 1.165) is 0 Å². The first-order chi connectivity index (χ1) is 8.29. The summed E-state index contributed by atoms with van der Waals surface area (Å²) >= 11 is 0. The van der Waals surface area contributed by atoms with Gasteiger partial charge >= 0.3 is 0 Å². The van der Waals surface area contributed by atoms with Crippen molar-refractivity contribution in [3.63, 3.8) is 0 Å². The second-order valence-corrected chi connectivity index (χ2v) is 6.09. The molecule has 0 radical (unpaired) electrons.